The predicted molar refractivity (Wildman–Crippen MR) is 91.0 cm³/mol. The van der Waals surface area contributed by atoms with Crippen molar-refractivity contribution in [2.24, 2.45) is 0 Å². The van der Waals surface area contributed by atoms with Crippen molar-refractivity contribution in [3.63, 3.8) is 0 Å². The fourth-order valence-electron chi connectivity index (χ4n) is 2.95. The highest BCUT2D eigenvalue weighted by atomic mass is 35.5. The highest BCUT2D eigenvalue weighted by molar-refractivity contribution is 7.89. The molecule has 1 N–H and O–H groups in total. The van der Waals surface area contributed by atoms with E-state index in [2.05, 4.69) is 0 Å². The average molecular weight is 370 g/mol. The van der Waals surface area contributed by atoms with E-state index < -0.39 is 15.8 Å². The van der Waals surface area contributed by atoms with Crippen LogP contribution in [-0.2, 0) is 16.6 Å². The van der Waals surface area contributed by atoms with Gasteiger partial charge in [0.15, 0.2) is 0 Å². The largest absolute Gasteiger partial charge is 0.329 e. The lowest BCUT2D eigenvalue weighted by atomic mass is 10.2. The number of halogens is 2. The number of benzene rings is 2. The van der Waals surface area contributed by atoms with E-state index in [0.29, 0.717) is 31.2 Å². The molecular formula is C17H19ClFN2O2S+. The van der Waals surface area contributed by atoms with Crippen LogP contribution in [0.5, 0.6) is 0 Å². The van der Waals surface area contributed by atoms with Gasteiger partial charge in [0.05, 0.1) is 26.2 Å². The molecule has 0 bridgehead atoms. The molecule has 1 heterocycles. The van der Waals surface area contributed by atoms with Gasteiger partial charge in [0, 0.05) is 10.6 Å². The monoisotopic (exact) mass is 369 g/mol. The second kappa shape index (κ2) is 7.19. The van der Waals surface area contributed by atoms with Gasteiger partial charge in [-0.1, -0.05) is 35.9 Å². The fraction of sp³-hybridized carbons (Fsp3) is 0.294. The van der Waals surface area contributed by atoms with Gasteiger partial charge >= 0.3 is 0 Å². The van der Waals surface area contributed by atoms with Crippen molar-refractivity contribution in [1.82, 2.24) is 4.31 Å². The van der Waals surface area contributed by atoms with Crippen LogP contribution in [0.15, 0.2) is 53.4 Å². The van der Waals surface area contributed by atoms with E-state index >= 15 is 0 Å². The lowest BCUT2D eigenvalue weighted by Crippen LogP contribution is -3.13. The topological polar surface area (TPSA) is 41.8 Å². The number of rotatable bonds is 4. The van der Waals surface area contributed by atoms with Crippen molar-refractivity contribution in [1.29, 1.82) is 0 Å². The molecule has 3 rings (SSSR count). The van der Waals surface area contributed by atoms with Crippen molar-refractivity contribution in [2.45, 2.75) is 11.4 Å². The fourth-order valence-corrected chi connectivity index (χ4v) is 4.67. The Morgan fingerprint density at radius 3 is 2.46 bits per heavy atom. The third kappa shape index (κ3) is 3.78. The summed E-state index contributed by atoms with van der Waals surface area (Å²) in [7, 11) is -3.77. The molecule has 128 valence electrons. The van der Waals surface area contributed by atoms with E-state index in [1.807, 2.05) is 24.3 Å². The molecule has 24 heavy (non-hydrogen) atoms. The van der Waals surface area contributed by atoms with Gasteiger partial charge in [-0.05, 0) is 24.3 Å². The molecule has 2 aromatic carbocycles. The number of nitrogens with one attached hydrogen (secondary N) is 1. The summed E-state index contributed by atoms with van der Waals surface area (Å²) >= 11 is 6.00. The summed E-state index contributed by atoms with van der Waals surface area (Å²) in [6.07, 6.45) is 0. The Balaban J connectivity index is 1.66. The number of sulfonamides is 1. The summed E-state index contributed by atoms with van der Waals surface area (Å²) in [6, 6.07) is 13.2. The first-order valence-corrected chi connectivity index (χ1v) is 9.61. The van der Waals surface area contributed by atoms with Crippen molar-refractivity contribution in [3.8, 4) is 0 Å². The second-order valence-electron chi connectivity index (χ2n) is 5.89. The maximum atomic E-state index is 13.8. The Bertz CT molecular complexity index is 821. The van der Waals surface area contributed by atoms with Crippen molar-refractivity contribution in [3.05, 3.63) is 64.9 Å². The molecule has 0 radical (unpaired) electrons. The van der Waals surface area contributed by atoms with Gasteiger partial charge in [-0.25, -0.2) is 12.8 Å². The first-order valence-electron chi connectivity index (χ1n) is 7.79. The molecule has 1 saturated heterocycles. The molecule has 7 heteroatoms. The SMILES string of the molecule is O=S(=O)(c1ccccc1F)N1CC[NH+](Cc2cccc(Cl)c2)CC1. The lowest BCUT2D eigenvalue weighted by Gasteiger charge is -2.31. The molecule has 1 aliphatic heterocycles. The van der Waals surface area contributed by atoms with E-state index in [0.717, 1.165) is 12.1 Å². The van der Waals surface area contributed by atoms with Crippen molar-refractivity contribution < 1.29 is 17.7 Å². The van der Waals surface area contributed by atoms with Crippen molar-refractivity contribution >= 4 is 21.6 Å². The van der Waals surface area contributed by atoms with E-state index in [9.17, 15) is 12.8 Å². The average Bonchev–Trinajstić information content (AvgIpc) is 2.55. The van der Waals surface area contributed by atoms with Gasteiger partial charge in [0.25, 0.3) is 0 Å². The lowest BCUT2D eigenvalue weighted by molar-refractivity contribution is -0.917. The molecule has 0 unspecified atom stereocenters. The van der Waals surface area contributed by atoms with Gasteiger partial charge < -0.3 is 4.90 Å². The molecular weight excluding hydrogens is 351 g/mol. The molecule has 0 aliphatic carbocycles. The summed E-state index contributed by atoms with van der Waals surface area (Å²) in [5.41, 5.74) is 1.13. The first-order chi connectivity index (χ1) is 11.5. The Morgan fingerprint density at radius 2 is 1.79 bits per heavy atom. The van der Waals surface area contributed by atoms with Gasteiger partial charge in [-0.2, -0.15) is 4.31 Å². The molecule has 4 nitrogen and oxygen atoms in total. The molecule has 0 aromatic heterocycles. The summed E-state index contributed by atoms with van der Waals surface area (Å²) < 4.78 is 40.3. The van der Waals surface area contributed by atoms with Gasteiger partial charge in [-0.15, -0.1) is 0 Å². The number of nitrogens with zero attached hydrogens (tertiary/aromatic N) is 1. The van der Waals surface area contributed by atoms with Crippen LogP contribution in [0.3, 0.4) is 0 Å². The molecule has 1 fully saturated rings. The van der Waals surface area contributed by atoms with Crippen LogP contribution < -0.4 is 4.90 Å². The van der Waals surface area contributed by atoms with E-state index in [-0.39, 0.29) is 4.90 Å². The highest BCUT2D eigenvalue weighted by Crippen LogP contribution is 2.18. The normalized spacial score (nSPS) is 17.1. The van der Waals surface area contributed by atoms with Crippen LogP contribution >= 0.6 is 11.6 Å². The third-order valence-electron chi connectivity index (χ3n) is 4.23. The van der Waals surface area contributed by atoms with Gasteiger partial charge in [0.1, 0.15) is 17.3 Å². The maximum Gasteiger partial charge on any atom is 0.246 e. The molecule has 0 spiro atoms. The molecule has 0 saturated carbocycles. The molecule has 2 aromatic rings. The molecule has 1 aliphatic rings. The zero-order chi connectivity index (χ0) is 17.2. The Labute approximate surface area is 146 Å². The summed E-state index contributed by atoms with van der Waals surface area (Å²) in [6.45, 7) is 2.92. The number of quaternary nitrogens is 1. The predicted octanol–water partition coefficient (Wildman–Crippen LogP) is 1.57. The summed E-state index contributed by atoms with van der Waals surface area (Å²) in [5, 5.41) is 0.702. The second-order valence-corrected chi connectivity index (χ2v) is 8.23. The summed E-state index contributed by atoms with van der Waals surface area (Å²) in [5.74, 6) is -0.703. The van der Waals surface area contributed by atoms with Gasteiger partial charge in [-0.3, -0.25) is 0 Å². The van der Waals surface area contributed by atoms with E-state index in [4.69, 9.17) is 11.6 Å². The van der Waals surface area contributed by atoms with Crippen molar-refractivity contribution in [2.75, 3.05) is 26.2 Å². The number of hydrogen-bond donors (Lipinski definition) is 1. The van der Waals surface area contributed by atoms with Crippen LogP contribution in [-0.4, -0.2) is 38.9 Å². The van der Waals surface area contributed by atoms with E-state index in [1.54, 1.807) is 0 Å². The highest BCUT2D eigenvalue weighted by Gasteiger charge is 2.32. The van der Waals surface area contributed by atoms with Crippen LogP contribution in [0.2, 0.25) is 5.02 Å². The minimum atomic E-state index is -3.77. The Morgan fingerprint density at radius 1 is 1.08 bits per heavy atom. The van der Waals surface area contributed by atoms with Gasteiger partial charge in [0.2, 0.25) is 10.0 Å². The number of piperazine rings is 1. The quantitative estimate of drug-likeness (QED) is 0.888. The zero-order valence-corrected chi connectivity index (χ0v) is 14.7. The third-order valence-corrected chi connectivity index (χ3v) is 6.39. The Kier molecular flexibility index (Phi) is 5.20. The van der Waals surface area contributed by atoms with Crippen LogP contribution in [0.1, 0.15) is 5.56 Å². The smallest absolute Gasteiger partial charge is 0.246 e. The minimum Gasteiger partial charge on any atom is -0.329 e. The van der Waals surface area contributed by atoms with Crippen LogP contribution in [0, 0.1) is 5.82 Å². The zero-order valence-electron chi connectivity index (χ0n) is 13.1. The molecule has 0 atom stereocenters. The van der Waals surface area contributed by atoms with Crippen LogP contribution in [0.4, 0.5) is 4.39 Å². The Hall–Kier alpha value is -1.47. The standard InChI is InChI=1S/C17H18ClFN2O2S/c18-15-5-3-4-14(12-15)13-20-8-10-21(11-9-20)24(22,23)17-7-2-1-6-16(17)19/h1-7,12H,8-11,13H2/p+1. The van der Waals surface area contributed by atoms with Crippen LogP contribution in [0.25, 0.3) is 0 Å². The first kappa shape index (κ1) is 17.4. The maximum absolute atomic E-state index is 13.8. The van der Waals surface area contributed by atoms with E-state index in [1.165, 1.54) is 33.5 Å². The minimum absolute atomic E-state index is 0.247. The number of hydrogen-bond acceptors (Lipinski definition) is 2. The molecule has 0 amide bonds. The summed E-state index contributed by atoms with van der Waals surface area (Å²) in [4.78, 5) is 1.04.